The molecule has 90 valence electrons. The molecular formula is C12H13BrClN3. The topological polar surface area (TPSA) is 43.8 Å². The molecule has 0 saturated carbocycles. The molecule has 3 nitrogen and oxygen atoms in total. The highest BCUT2D eigenvalue weighted by molar-refractivity contribution is 9.10. The van der Waals surface area contributed by atoms with Gasteiger partial charge in [-0.3, -0.25) is 4.68 Å². The van der Waals surface area contributed by atoms with Gasteiger partial charge in [0.15, 0.2) is 0 Å². The van der Waals surface area contributed by atoms with Crippen molar-refractivity contribution in [2.24, 2.45) is 12.8 Å². The van der Waals surface area contributed by atoms with E-state index in [4.69, 9.17) is 17.3 Å². The maximum atomic E-state index is 5.88. The standard InChI is InChI=1S/C12H13BrClN3/c1-17-12(8-2-4-9(14)5-3-8)11(13)10(16-17)6-7-15/h2-5H,6-7,15H2,1H3. The number of benzene rings is 1. The lowest BCUT2D eigenvalue weighted by Crippen LogP contribution is -2.04. The molecule has 0 fully saturated rings. The average Bonchev–Trinajstić information content (AvgIpc) is 2.57. The number of hydrogen-bond acceptors (Lipinski definition) is 2. The van der Waals surface area contributed by atoms with Gasteiger partial charge in [-0.05, 0) is 34.6 Å². The van der Waals surface area contributed by atoms with Gasteiger partial charge >= 0.3 is 0 Å². The fourth-order valence-corrected chi connectivity index (χ4v) is 2.66. The average molecular weight is 315 g/mol. The second-order valence-corrected chi connectivity index (χ2v) is 5.01. The minimum Gasteiger partial charge on any atom is -0.330 e. The number of halogens is 2. The van der Waals surface area contributed by atoms with Crippen LogP contribution in [0.25, 0.3) is 11.3 Å². The predicted octanol–water partition coefficient (Wildman–Crippen LogP) is 3.00. The first kappa shape index (κ1) is 12.6. The van der Waals surface area contributed by atoms with E-state index in [1.807, 2.05) is 36.0 Å². The van der Waals surface area contributed by atoms with Crippen molar-refractivity contribution in [1.29, 1.82) is 0 Å². The summed E-state index contributed by atoms with van der Waals surface area (Å²) in [5.41, 5.74) is 8.68. The molecule has 0 atom stereocenters. The summed E-state index contributed by atoms with van der Waals surface area (Å²) in [5, 5.41) is 5.19. The SMILES string of the molecule is Cn1nc(CCN)c(Br)c1-c1ccc(Cl)cc1. The molecule has 0 aliphatic carbocycles. The van der Waals surface area contributed by atoms with E-state index < -0.39 is 0 Å². The molecule has 2 aromatic rings. The zero-order chi connectivity index (χ0) is 12.4. The zero-order valence-electron chi connectivity index (χ0n) is 9.45. The number of rotatable bonds is 3. The number of aryl methyl sites for hydroxylation is 1. The number of aromatic nitrogens is 2. The Labute approximate surface area is 114 Å². The van der Waals surface area contributed by atoms with Crippen LogP contribution in [-0.2, 0) is 13.5 Å². The lowest BCUT2D eigenvalue weighted by molar-refractivity contribution is 0.745. The molecule has 2 N–H and O–H groups in total. The van der Waals surface area contributed by atoms with Crippen molar-refractivity contribution in [3.63, 3.8) is 0 Å². The van der Waals surface area contributed by atoms with Gasteiger partial charge in [0, 0.05) is 24.1 Å². The molecule has 1 heterocycles. The second-order valence-electron chi connectivity index (χ2n) is 3.78. The molecule has 0 aliphatic rings. The van der Waals surface area contributed by atoms with Gasteiger partial charge in [0.05, 0.1) is 15.9 Å². The molecule has 1 aromatic heterocycles. The Morgan fingerprint density at radius 1 is 1.35 bits per heavy atom. The van der Waals surface area contributed by atoms with E-state index in [0.717, 1.165) is 32.9 Å². The number of nitrogens with zero attached hydrogens (tertiary/aromatic N) is 2. The molecule has 0 spiro atoms. The van der Waals surface area contributed by atoms with Crippen LogP contribution in [0.5, 0.6) is 0 Å². The Bertz CT molecular complexity index is 519. The zero-order valence-corrected chi connectivity index (χ0v) is 11.8. The molecule has 0 saturated heterocycles. The Morgan fingerprint density at radius 2 is 2.00 bits per heavy atom. The first-order valence-electron chi connectivity index (χ1n) is 5.31. The van der Waals surface area contributed by atoms with Crippen LogP contribution in [0.2, 0.25) is 5.02 Å². The van der Waals surface area contributed by atoms with Crippen LogP contribution < -0.4 is 5.73 Å². The fraction of sp³-hybridized carbons (Fsp3) is 0.250. The van der Waals surface area contributed by atoms with Gasteiger partial charge in [0.2, 0.25) is 0 Å². The van der Waals surface area contributed by atoms with Gasteiger partial charge in [-0.25, -0.2) is 0 Å². The van der Waals surface area contributed by atoms with Crippen LogP contribution in [-0.4, -0.2) is 16.3 Å². The van der Waals surface area contributed by atoms with Gasteiger partial charge < -0.3 is 5.73 Å². The minimum atomic E-state index is 0.593. The van der Waals surface area contributed by atoms with Gasteiger partial charge in [-0.15, -0.1) is 0 Å². The van der Waals surface area contributed by atoms with Gasteiger partial charge in [0.25, 0.3) is 0 Å². The van der Waals surface area contributed by atoms with Crippen molar-refractivity contribution in [1.82, 2.24) is 9.78 Å². The highest BCUT2D eigenvalue weighted by Gasteiger charge is 2.14. The molecule has 0 bridgehead atoms. The summed E-state index contributed by atoms with van der Waals surface area (Å²) >= 11 is 9.47. The first-order valence-corrected chi connectivity index (χ1v) is 6.48. The molecule has 0 amide bonds. The van der Waals surface area contributed by atoms with Crippen molar-refractivity contribution in [3.8, 4) is 11.3 Å². The van der Waals surface area contributed by atoms with Crippen LogP contribution in [0, 0.1) is 0 Å². The maximum Gasteiger partial charge on any atom is 0.0824 e. The number of hydrogen-bond donors (Lipinski definition) is 1. The predicted molar refractivity (Wildman–Crippen MR) is 74.1 cm³/mol. The lowest BCUT2D eigenvalue weighted by Gasteiger charge is -2.03. The minimum absolute atomic E-state index is 0.593. The summed E-state index contributed by atoms with van der Waals surface area (Å²) in [5.74, 6) is 0. The summed E-state index contributed by atoms with van der Waals surface area (Å²) in [7, 11) is 1.93. The second kappa shape index (κ2) is 5.21. The molecule has 0 radical (unpaired) electrons. The van der Waals surface area contributed by atoms with Gasteiger partial charge in [-0.2, -0.15) is 5.10 Å². The van der Waals surface area contributed by atoms with E-state index in [9.17, 15) is 0 Å². The third-order valence-corrected chi connectivity index (χ3v) is 3.64. The molecule has 0 aliphatic heterocycles. The van der Waals surface area contributed by atoms with E-state index in [0.29, 0.717) is 6.54 Å². The first-order chi connectivity index (χ1) is 8.13. The molecule has 5 heteroatoms. The van der Waals surface area contributed by atoms with Gasteiger partial charge in [-0.1, -0.05) is 23.7 Å². The van der Waals surface area contributed by atoms with E-state index in [1.54, 1.807) is 0 Å². The Morgan fingerprint density at radius 3 is 2.59 bits per heavy atom. The van der Waals surface area contributed by atoms with E-state index in [2.05, 4.69) is 21.0 Å². The van der Waals surface area contributed by atoms with Crippen LogP contribution in [0.4, 0.5) is 0 Å². The van der Waals surface area contributed by atoms with E-state index in [-0.39, 0.29) is 0 Å². The van der Waals surface area contributed by atoms with Gasteiger partial charge in [0.1, 0.15) is 0 Å². The summed E-state index contributed by atoms with van der Waals surface area (Å²) in [4.78, 5) is 0. The summed E-state index contributed by atoms with van der Waals surface area (Å²) in [6, 6.07) is 7.71. The third-order valence-electron chi connectivity index (χ3n) is 2.55. The Kier molecular flexibility index (Phi) is 3.86. The van der Waals surface area contributed by atoms with Crippen LogP contribution in [0.1, 0.15) is 5.69 Å². The van der Waals surface area contributed by atoms with E-state index in [1.165, 1.54) is 0 Å². The highest BCUT2D eigenvalue weighted by Crippen LogP contribution is 2.31. The molecule has 17 heavy (non-hydrogen) atoms. The lowest BCUT2D eigenvalue weighted by atomic mass is 10.1. The molecule has 0 unspecified atom stereocenters. The fourth-order valence-electron chi connectivity index (χ4n) is 1.77. The van der Waals surface area contributed by atoms with Crippen LogP contribution >= 0.6 is 27.5 Å². The smallest absolute Gasteiger partial charge is 0.0824 e. The largest absolute Gasteiger partial charge is 0.330 e. The van der Waals surface area contributed by atoms with Crippen molar-refractivity contribution in [2.75, 3.05) is 6.54 Å². The monoisotopic (exact) mass is 313 g/mol. The van der Waals surface area contributed by atoms with Crippen LogP contribution in [0.3, 0.4) is 0 Å². The van der Waals surface area contributed by atoms with Crippen molar-refractivity contribution in [2.45, 2.75) is 6.42 Å². The quantitative estimate of drug-likeness (QED) is 0.946. The third kappa shape index (κ3) is 2.54. The molecular weight excluding hydrogens is 302 g/mol. The highest BCUT2D eigenvalue weighted by atomic mass is 79.9. The molecule has 1 aromatic carbocycles. The normalized spacial score (nSPS) is 10.8. The van der Waals surface area contributed by atoms with E-state index >= 15 is 0 Å². The Hall–Kier alpha value is -0.840. The maximum absolute atomic E-state index is 5.88. The Balaban J connectivity index is 2.48. The summed E-state index contributed by atoms with van der Waals surface area (Å²) < 4.78 is 2.87. The summed E-state index contributed by atoms with van der Waals surface area (Å²) in [6.07, 6.45) is 0.766. The summed E-state index contributed by atoms with van der Waals surface area (Å²) in [6.45, 7) is 0.593. The van der Waals surface area contributed by atoms with Crippen molar-refractivity contribution >= 4 is 27.5 Å². The van der Waals surface area contributed by atoms with Crippen LogP contribution in [0.15, 0.2) is 28.7 Å². The van der Waals surface area contributed by atoms with Crippen molar-refractivity contribution in [3.05, 3.63) is 39.5 Å². The van der Waals surface area contributed by atoms with Crippen molar-refractivity contribution < 1.29 is 0 Å². The molecule has 2 rings (SSSR count). The number of nitrogens with two attached hydrogens (primary N) is 1.